The fourth-order valence-corrected chi connectivity index (χ4v) is 3.13. The van der Waals surface area contributed by atoms with Gasteiger partial charge in [-0.2, -0.15) is 5.10 Å². The largest absolute Gasteiger partial charge is 0.296 e. The third-order valence-corrected chi connectivity index (χ3v) is 4.83. The first-order valence-electron chi connectivity index (χ1n) is 8.86. The predicted octanol–water partition coefficient (Wildman–Crippen LogP) is 2.75. The maximum atomic E-state index is 12.8. The molecule has 0 aromatic heterocycles. The molecule has 5 nitrogen and oxygen atoms in total. The van der Waals surface area contributed by atoms with Crippen molar-refractivity contribution in [1.82, 2.24) is 15.2 Å². The molecule has 1 aliphatic rings. The van der Waals surface area contributed by atoms with Gasteiger partial charge in [0, 0.05) is 37.7 Å². The van der Waals surface area contributed by atoms with E-state index in [2.05, 4.69) is 20.3 Å². The Bertz CT molecular complexity index is 789. The molecule has 3 rings (SSSR count). The topological polar surface area (TPSA) is 47.9 Å². The van der Waals surface area contributed by atoms with E-state index in [-0.39, 0.29) is 11.7 Å². The van der Waals surface area contributed by atoms with Gasteiger partial charge in [0.15, 0.2) is 0 Å². The van der Waals surface area contributed by atoms with Gasteiger partial charge in [0.05, 0.1) is 12.8 Å². The minimum atomic E-state index is -0.301. The second kappa shape index (κ2) is 9.60. The van der Waals surface area contributed by atoms with Crippen LogP contribution in [0.3, 0.4) is 0 Å². The molecule has 1 saturated heterocycles. The van der Waals surface area contributed by atoms with Crippen molar-refractivity contribution in [3.8, 4) is 0 Å². The van der Waals surface area contributed by atoms with Gasteiger partial charge in [0.2, 0.25) is 0 Å². The number of rotatable bonds is 6. The summed E-state index contributed by atoms with van der Waals surface area (Å²) < 4.78 is 12.8. The lowest BCUT2D eigenvalue weighted by Gasteiger charge is -2.34. The summed E-state index contributed by atoms with van der Waals surface area (Å²) in [6, 6.07) is 13.8. The van der Waals surface area contributed by atoms with E-state index in [0.717, 1.165) is 48.9 Å². The second-order valence-electron chi connectivity index (χ2n) is 6.49. The fraction of sp³-hybridized carbons (Fsp3) is 0.300. The zero-order chi connectivity index (χ0) is 19.1. The highest BCUT2D eigenvalue weighted by atomic mass is 35.5. The molecular formula is C20H22ClFN4O. The Morgan fingerprint density at radius 3 is 2.44 bits per heavy atom. The average Bonchev–Trinajstić information content (AvgIpc) is 2.67. The van der Waals surface area contributed by atoms with Crippen LogP contribution in [0.15, 0.2) is 53.6 Å². The molecular weight excluding hydrogens is 367 g/mol. The van der Waals surface area contributed by atoms with E-state index < -0.39 is 0 Å². The van der Waals surface area contributed by atoms with E-state index in [4.69, 9.17) is 11.6 Å². The molecule has 7 heteroatoms. The average molecular weight is 389 g/mol. The van der Waals surface area contributed by atoms with Gasteiger partial charge in [-0.05, 0) is 29.3 Å². The van der Waals surface area contributed by atoms with Gasteiger partial charge < -0.3 is 0 Å². The maximum absolute atomic E-state index is 12.8. The Morgan fingerprint density at radius 2 is 1.74 bits per heavy atom. The molecule has 1 aliphatic heterocycles. The molecule has 142 valence electrons. The lowest BCUT2D eigenvalue weighted by atomic mass is 10.2. The molecule has 1 heterocycles. The van der Waals surface area contributed by atoms with Crippen LogP contribution in [-0.4, -0.2) is 54.6 Å². The SMILES string of the molecule is O=C(CN1CCN(Cc2ccccc2Cl)CC1)N/N=C/c1ccc(F)cc1. The predicted molar refractivity (Wildman–Crippen MR) is 105 cm³/mol. The molecule has 27 heavy (non-hydrogen) atoms. The molecule has 2 aromatic rings. The summed E-state index contributed by atoms with van der Waals surface area (Å²) in [5.41, 5.74) is 4.37. The maximum Gasteiger partial charge on any atom is 0.254 e. The first kappa shape index (κ1) is 19.5. The summed E-state index contributed by atoms with van der Waals surface area (Å²) in [4.78, 5) is 16.5. The molecule has 0 atom stereocenters. The Balaban J connectivity index is 1.39. The number of nitrogens with one attached hydrogen (secondary N) is 1. The van der Waals surface area contributed by atoms with Gasteiger partial charge in [-0.25, -0.2) is 9.82 Å². The lowest BCUT2D eigenvalue weighted by molar-refractivity contribution is -0.122. The normalized spacial score (nSPS) is 15.9. The van der Waals surface area contributed by atoms with Crippen molar-refractivity contribution >= 4 is 23.7 Å². The van der Waals surface area contributed by atoms with E-state index in [0.29, 0.717) is 6.54 Å². The van der Waals surface area contributed by atoms with Crippen LogP contribution in [0.4, 0.5) is 4.39 Å². The highest BCUT2D eigenvalue weighted by Crippen LogP contribution is 2.17. The Hall–Kier alpha value is -2.28. The number of hydrogen-bond donors (Lipinski definition) is 1. The van der Waals surface area contributed by atoms with Gasteiger partial charge >= 0.3 is 0 Å². The summed E-state index contributed by atoms with van der Waals surface area (Å²) in [6.45, 7) is 4.54. The van der Waals surface area contributed by atoms with E-state index in [1.807, 2.05) is 24.3 Å². The standard InChI is InChI=1S/C20H22ClFN4O/c21-19-4-2-1-3-17(19)14-25-9-11-26(12-10-25)15-20(27)24-23-13-16-5-7-18(22)8-6-16/h1-8,13H,9-12,14-15H2,(H,24,27)/b23-13+. The Kier molecular flexibility index (Phi) is 6.92. The van der Waals surface area contributed by atoms with Crippen LogP contribution in [-0.2, 0) is 11.3 Å². The van der Waals surface area contributed by atoms with Crippen molar-refractivity contribution < 1.29 is 9.18 Å². The zero-order valence-electron chi connectivity index (χ0n) is 14.9. The van der Waals surface area contributed by atoms with E-state index in [9.17, 15) is 9.18 Å². The minimum Gasteiger partial charge on any atom is -0.296 e. The van der Waals surface area contributed by atoms with Crippen molar-refractivity contribution in [2.75, 3.05) is 32.7 Å². The number of piperazine rings is 1. The number of amides is 1. The van der Waals surface area contributed by atoms with Crippen LogP contribution in [0.5, 0.6) is 0 Å². The molecule has 0 radical (unpaired) electrons. The number of hydrazone groups is 1. The van der Waals surface area contributed by atoms with Crippen LogP contribution >= 0.6 is 11.6 Å². The van der Waals surface area contributed by atoms with Crippen LogP contribution in [0.25, 0.3) is 0 Å². The summed E-state index contributed by atoms with van der Waals surface area (Å²) in [7, 11) is 0. The van der Waals surface area contributed by atoms with Crippen molar-refractivity contribution in [2.24, 2.45) is 5.10 Å². The van der Waals surface area contributed by atoms with Gasteiger partial charge in [-0.1, -0.05) is 41.9 Å². The highest BCUT2D eigenvalue weighted by Gasteiger charge is 2.19. The summed E-state index contributed by atoms with van der Waals surface area (Å²) >= 11 is 6.22. The summed E-state index contributed by atoms with van der Waals surface area (Å²) in [5, 5.41) is 4.71. The summed E-state index contributed by atoms with van der Waals surface area (Å²) in [6.07, 6.45) is 1.50. The van der Waals surface area contributed by atoms with Crippen molar-refractivity contribution in [3.05, 3.63) is 70.5 Å². The first-order chi connectivity index (χ1) is 13.1. The Labute approximate surface area is 163 Å². The number of benzene rings is 2. The highest BCUT2D eigenvalue weighted by molar-refractivity contribution is 6.31. The van der Waals surface area contributed by atoms with E-state index >= 15 is 0 Å². The van der Waals surface area contributed by atoms with Crippen molar-refractivity contribution in [2.45, 2.75) is 6.54 Å². The first-order valence-corrected chi connectivity index (χ1v) is 9.23. The van der Waals surface area contributed by atoms with Crippen LogP contribution in [0.2, 0.25) is 5.02 Å². The lowest BCUT2D eigenvalue weighted by Crippen LogP contribution is -2.48. The monoisotopic (exact) mass is 388 g/mol. The number of nitrogens with zero attached hydrogens (tertiary/aromatic N) is 3. The van der Waals surface area contributed by atoms with E-state index in [1.165, 1.54) is 18.3 Å². The molecule has 0 saturated carbocycles. The van der Waals surface area contributed by atoms with Gasteiger partial charge in [-0.15, -0.1) is 0 Å². The Morgan fingerprint density at radius 1 is 1.07 bits per heavy atom. The molecule has 0 unspecified atom stereocenters. The molecule has 2 aromatic carbocycles. The van der Waals surface area contributed by atoms with Gasteiger partial charge in [-0.3, -0.25) is 14.6 Å². The van der Waals surface area contributed by atoms with Crippen molar-refractivity contribution in [3.63, 3.8) is 0 Å². The molecule has 0 bridgehead atoms. The third-order valence-electron chi connectivity index (χ3n) is 4.46. The number of carbonyl (C=O) groups is 1. The van der Waals surface area contributed by atoms with Gasteiger partial charge in [0.25, 0.3) is 5.91 Å². The molecule has 1 fully saturated rings. The minimum absolute atomic E-state index is 0.159. The van der Waals surface area contributed by atoms with Crippen LogP contribution in [0.1, 0.15) is 11.1 Å². The van der Waals surface area contributed by atoms with Crippen molar-refractivity contribution in [1.29, 1.82) is 0 Å². The number of halogens is 2. The fourth-order valence-electron chi connectivity index (χ4n) is 2.94. The molecule has 0 spiro atoms. The van der Waals surface area contributed by atoms with Gasteiger partial charge in [0.1, 0.15) is 5.82 Å². The quantitative estimate of drug-likeness (QED) is 0.611. The third kappa shape index (κ3) is 6.13. The zero-order valence-corrected chi connectivity index (χ0v) is 15.7. The second-order valence-corrected chi connectivity index (χ2v) is 6.90. The number of hydrogen-bond acceptors (Lipinski definition) is 4. The molecule has 0 aliphatic carbocycles. The molecule has 1 amide bonds. The molecule has 1 N–H and O–H groups in total. The van der Waals surface area contributed by atoms with Crippen LogP contribution < -0.4 is 5.43 Å². The van der Waals surface area contributed by atoms with E-state index in [1.54, 1.807) is 12.1 Å². The van der Waals surface area contributed by atoms with Crippen LogP contribution in [0, 0.1) is 5.82 Å². The summed E-state index contributed by atoms with van der Waals surface area (Å²) in [5.74, 6) is -0.460. The smallest absolute Gasteiger partial charge is 0.254 e. The number of carbonyl (C=O) groups excluding carboxylic acids is 1.